The Kier molecular flexibility index (Phi) is 7.07. The lowest BCUT2D eigenvalue weighted by Gasteiger charge is -2.31. The Labute approximate surface area is 166 Å². The van der Waals surface area contributed by atoms with Crippen molar-refractivity contribution in [1.29, 1.82) is 0 Å². The van der Waals surface area contributed by atoms with E-state index < -0.39 is 0 Å². The van der Waals surface area contributed by atoms with E-state index in [1.165, 1.54) is 10.3 Å². The summed E-state index contributed by atoms with van der Waals surface area (Å²) < 4.78 is 1.26. The van der Waals surface area contributed by atoms with Crippen molar-refractivity contribution >= 4 is 32.6 Å². The summed E-state index contributed by atoms with van der Waals surface area (Å²) in [5.74, 6) is 0.359. The number of fused-ring (bicyclic) bond motifs is 1. The van der Waals surface area contributed by atoms with Crippen molar-refractivity contribution in [3.05, 3.63) is 23.8 Å². The average molecular weight is 389 g/mol. The lowest BCUT2D eigenvalue weighted by molar-refractivity contribution is -0.125. The summed E-state index contributed by atoms with van der Waals surface area (Å²) in [5, 5.41) is 4.22. The van der Waals surface area contributed by atoms with Gasteiger partial charge in [-0.25, -0.2) is 4.98 Å². The van der Waals surface area contributed by atoms with Crippen molar-refractivity contribution in [2.45, 2.75) is 40.0 Å². The molecule has 0 spiro atoms. The van der Waals surface area contributed by atoms with Gasteiger partial charge in [-0.1, -0.05) is 38.2 Å². The molecule has 1 aromatic heterocycles. The van der Waals surface area contributed by atoms with Crippen LogP contribution in [0.1, 0.15) is 39.2 Å². The van der Waals surface area contributed by atoms with Gasteiger partial charge in [0, 0.05) is 32.1 Å². The Morgan fingerprint density at radius 3 is 2.67 bits per heavy atom. The van der Waals surface area contributed by atoms with E-state index in [4.69, 9.17) is 4.98 Å². The zero-order valence-corrected chi connectivity index (χ0v) is 17.6. The predicted octanol–water partition coefficient (Wildman–Crippen LogP) is 3.53. The van der Waals surface area contributed by atoms with E-state index >= 15 is 0 Å². The molecule has 0 saturated carbocycles. The maximum atomic E-state index is 12.4. The van der Waals surface area contributed by atoms with Crippen LogP contribution in [0, 0.1) is 5.92 Å². The molecule has 27 heavy (non-hydrogen) atoms. The molecule has 3 rings (SSSR count). The van der Waals surface area contributed by atoms with Crippen molar-refractivity contribution in [1.82, 2.24) is 15.2 Å². The maximum Gasteiger partial charge on any atom is 0.223 e. The second-order valence-electron chi connectivity index (χ2n) is 7.23. The monoisotopic (exact) mass is 388 g/mol. The standard InChI is InChI=1S/C21H32N4OS/c1-4-16-7-8-18-19(15-16)27-21(23-18)25-12-9-17(10-13-25)20(26)22-11-14-24(5-2)6-3/h7-8,15,17H,4-6,9-14H2,1-3H3,(H,22,26). The Morgan fingerprint density at radius 1 is 1.26 bits per heavy atom. The quantitative estimate of drug-likeness (QED) is 0.751. The topological polar surface area (TPSA) is 48.5 Å². The number of hydrogen-bond donors (Lipinski definition) is 1. The Hall–Kier alpha value is -1.66. The van der Waals surface area contributed by atoms with Gasteiger partial charge in [-0.15, -0.1) is 0 Å². The molecular weight excluding hydrogens is 356 g/mol. The van der Waals surface area contributed by atoms with E-state index in [0.717, 1.165) is 69.2 Å². The fraction of sp³-hybridized carbons (Fsp3) is 0.619. The van der Waals surface area contributed by atoms with Crippen molar-refractivity contribution in [2.75, 3.05) is 44.2 Å². The highest BCUT2D eigenvalue weighted by Crippen LogP contribution is 2.32. The molecule has 1 aromatic carbocycles. The normalized spacial score (nSPS) is 15.6. The fourth-order valence-corrected chi connectivity index (χ4v) is 4.75. The van der Waals surface area contributed by atoms with Gasteiger partial charge in [0.15, 0.2) is 5.13 Å². The van der Waals surface area contributed by atoms with Gasteiger partial charge in [0.05, 0.1) is 10.2 Å². The van der Waals surface area contributed by atoms with E-state index in [9.17, 15) is 4.79 Å². The molecule has 1 aliphatic heterocycles. The Bertz CT molecular complexity index is 748. The highest BCUT2D eigenvalue weighted by Gasteiger charge is 2.26. The minimum absolute atomic E-state index is 0.138. The minimum Gasteiger partial charge on any atom is -0.355 e. The lowest BCUT2D eigenvalue weighted by atomic mass is 9.96. The molecule has 0 unspecified atom stereocenters. The molecule has 2 heterocycles. The van der Waals surface area contributed by atoms with Crippen molar-refractivity contribution in [3.8, 4) is 0 Å². The summed E-state index contributed by atoms with van der Waals surface area (Å²) in [6.45, 7) is 12.1. The zero-order chi connectivity index (χ0) is 19.2. The molecule has 0 bridgehead atoms. The van der Waals surface area contributed by atoms with E-state index in [2.05, 4.69) is 54.1 Å². The third kappa shape index (κ3) is 4.99. The van der Waals surface area contributed by atoms with Crippen LogP contribution in [-0.2, 0) is 11.2 Å². The molecule has 6 heteroatoms. The highest BCUT2D eigenvalue weighted by atomic mass is 32.1. The number of amides is 1. The molecule has 0 aliphatic carbocycles. The average Bonchev–Trinajstić information content (AvgIpc) is 3.14. The first kappa shape index (κ1) is 20.1. The number of anilines is 1. The summed E-state index contributed by atoms with van der Waals surface area (Å²) in [6.07, 6.45) is 2.87. The number of carbonyl (C=O) groups excluding carboxylic acids is 1. The number of aryl methyl sites for hydroxylation is 1. The summed E-state index contributed by atoms with van der Waals surface area (Å²) in [5.41, 5.74) is 2.45. The van der Waals surface area contributed by atoms with Crippen LogP contribution >= 0.6 is 11.3 Å². The maximum absolute atomic E-state index is 12.4. The largest absolute Gasteiger partial charge is 0.355 e. The Morgan fingerprint density at radius 2 is 2.00 bits per heavy atom. The summed E-state index contributed by atoms with van der Waals surface area (Å²) in [4.78, 5) is 21.9. The number of benzene rings is 1. The van der Waals surface area contributed by atoms with Crippen LogP contribution in [0.3, 0.4) is 0 Å². The number of rotatable bonds is 8. The minimum atomic E-state index is 0.138. The van der Waals surface area contributed by atoms with Crippen LogP contribution in [0.15, 0.2) is 18.2 Å². The molecule has 1 amide bonds. The molecule has 5 nitrogen and oxygen atoms in total. The van der Waals surface area contributed by atoms with Crippen LogP contribution in [0.25, 0.3) is 10.2 Å². The highest BCUT2D eigenvalue weighted by molar-refractivity contribution is 7.22. The molecule has 2 aromatic rings. The van der Waals surface area contributed by atoms with Crippen molar-refractivity contribution < 1.29 is 4.79 Å². The van der Waals surface area contributed by atoms with Crippen molar-refractivity contribution in [2.24, 2.45) is 5.92 Å². The van der Waals surface area contributed by atoms with Gasteiger partial charge in [-0.2, -0.15) is 0 Å². The lowest BCUT2D eigenvalue weighted by Crippen LogP contribution is -2.42. The van der Waals surface area contributed by atoms with Crippen LogP contribution in [0.5, 0.6) is 0 Å². The number of hydrogen-bond acceptors (Lipinski definition) is 5. The van der Waals surface area contributed by atoms with E-state index in [-0.39, 0.29) is 11.8 Å². The molecule has 148 valence electrons. The third-order valence-corrected chi connectivity index (χ3v) is 6.69. The van der Waals surface area contributed by atoms with E-state index in [1.54, 1.807) is 11.3 Å². The fourth-order valence-electron chi connectivity index (χ4n) is 3.67. The second-order valence-corrected chi connectivity index (χ2v) is 8.24. The van der Waals surface area contributed by atoms with Gasteiger partial charge in [0.2, 0.25) is 5.91 Å². The van der Waals surface area contributed by atoms with E-state index in [0.29, 0.717) is 0 Å². The number of nitrogens with one attached hydrogen (secondary N) is 1. The van der Waals surface area contributed by atoms with Gasteiger partial charge >= 0.3 is 0 Å². The summed E-state index contributed by atoms with van der Waals surface area (Å²) in [7, 11) is 0. The number of thiazole rings is 1. The molecule has 1 saturated heterocycles. The number of carbonyl (C=O) groups is 1. The number of nitrogens with zero attached hydrogens (tertiary/aromatic N) is 3. The molecule has 0 radical (unpaired) electrons. The smallest absolute Gasteiger partial charge is 0.223 e. The molecule has 0 atom stereocenters. The predicted molar refractivity (Wildman–Crippen MR) is 115 cm³/mol. The van der Waals surface area contributed by atoms with Gasteiger partial charge in [-0.05, 0) is 50.0 Å². The summed E-state index contributed by atoms with van der Waals surface area (Å²) >= 11 is 1.77. The van der Waals surface area contributed by atoms with Crippen LogP contribution in [0.4, 0.5) is 5.13 Å². The van der Waals surface area contributed by atoms with E-state index in [1.807, 2.05) is 0 Å². The first-order valence-electron chi connectivity index (χ1n) is 10.3. The van der Waals surface area contributed by atoms with Gasteiger partial charge in [-0.3, -0.25) is 4.79 Å². The molecule has 1 N–H and O–H groups in total. The molecule has 1 aliphatic rings. The van der Waals surface area contributed by atoms with Gasteiger partial charge in [0.25, 0.3) is 0 Å². The molecule has 1 fully saturated rings. The SMILES string of the molecule is CCc1ccc2nc(N3CCC(C(=O)NCCN(CC)CC)CC3)sc2c1. The molecular formula is C21H32N4OS. The van der Waals surface area contributed by atoms with Crippen molar-refractivity contribution in [3.63, 3.8) is 0 Å². The van der Waals surface area contributed by atoms with Crippen LogP contribution < -0.4 is 10.2 Å². The first-order valence-corrected chi connectivity index (χ1v) is 11.1. The number of piperidine rings is 1. The number of likely N-dealkylation sites (N-methyl/N-ethyl adjacent to an activating group) is 1. The number of aromatic nitrogens is 1. The summed E-state index contributed by atoms with van der Waals surface area (Å²) in [6, 6.07) is 6.55. The van der Waals surface area contributed by atoms with Crippen LogP contribution in [0.2, 0.25) is 0 Å². The second kappa shape index (κ2) is 9.51. The van der Waals surface area contributed by atoms with Gasteiger partial charge < -0.3 is 15.1 Å². The first-order chi connectivity index (χ1) is 13.1. The Balaban J connectivity index is 1.50. The zero-order valence-electron chi connectivity index (χ0n) is 16.8. The van der Waals surface area contributed by atoms with Crippen LogP contribution in [-0.4, -0.2) is 55.1 Å². The van der Waals surface area contributed by atoms with Gasteiger partial charge in [0.1, 0.15) is 0 Å². The third-order valence-electron chi connectivity index (χ3n) is 5.61.